The third-order valence-corrected chi connectivity index (χ3v) is 5.15. The van der Waals surface area contributed by atoms with Gasteiger partial charge in [-0.2, -0.15) is 0 Å². The highest BCUT2D eigenvalue weighted by Crippen LogP contribution is 2.22. The molecule has 0 saturated carbocycles. The lowest BCUT2D eigenvalue weighted by molar-refractivity contribution is -0.133. The van der Waals surface area contributed by atoms with E-state index in [-0.39, 0.29) is 31.0 Å². The van der Waals surface area contributed by atoms with Crippen LogP contribution in [0, 0.1) is 5.92 Å². The van der Waals surface area contributed by atoms with Gasteiger partial charge in [0.1, 0.15) is 19.0 Å². The van der Waals surface area contributed by atoms with Gasteiger partial charge in [-0.25, -0.2) is 4.98 Å². The van der Waals surface area contributed by atoms with E-state index in [1.165, 1.54) is 7.11 Å². The Balaban J connectivity index is 1.84. The Morgan fingerprint density at radius 1 is 1.30 bits per heavy atom. The number of likely N-dealkylation sites (tertiary alicyclic amines) is 1. The third kappa shape index (κ3) is 4.47. The Labute approximate surface area is 159 Å². The molecule has 0 bridgehead atoms. The van der Waals surface area contributed by atoms with E-state index in [4.69, 9.17) is 4.74 Å². The highest BCUT2D eigenvalue weighted by atomic mass is 16.5. The van der Waals surface area contributed by atoms with Crippen LogP contribution in [-0.4, -0.2) is 53.1 Å². The summed E-state index contributed by atoms with van der Waals surface area (Å²) in [6, 6.07) is 7.42. The van der Waals surface area contributed by atoms with Crippen LogP contribution < -0.4 is 5.32 Å². The van der Waals surface area contributed by atoms with Gasteiger partial charge >= 0.3 is 0 Å². The maximum absolute atomic E-state index is 12.9. The number of piperidine rings is 1. The molecule has 1 aromatic heterocycles. The maximum atomic E-state index is 12.9. The largest absolute Gasteiger partial charge is 0.375 e. The van der Waals surface area contributed by atoms with Crippen LogP contribution in [0.3, 0.4) is 0 Å². The molecule has 3 rings (SSSR count). The molecule has 2 heterocycles. The van der Waals surface area contributed by atoms with Crippen molar-refractivity contribution < 1.29 is 14.3 Å². The van der Waals surface area contributed by atoms with E-state index in [0.717, 1.165) is 37.0 Å². The van der Waals surface area contributed by atoms with Crippen LogP contribution in [0.15, 0.2) is 24.3 Å². The van der Waals surface area contributed by atoms with E-state index < -0.39 is 0 Å². The number of nitrogens with zero attached hydrogens (tertiary/aromatic N) is 3. The number of nitrogens with one attached hydrogen (secondary N) is 1. The summed E-state index contributed by atoms with van der Waals surface area (Å²) < 4.78 is 6.81. The number of hydrogen-bond acceptors (Lipinski definition) is 4. The predicted octanol–water partition coefficient (Wildman–Crippen LogP) is 2.12. The number of para-hydroxylation sites is 2. The van der Waals surface area contributed by atoms with Crippen molar-refractivity contribution in [2.45, 2.75) is 39.3 Å². The van der Waals surface area contributed by atoms with Crippen LogP contribution in [0.4, 0.5) is 0 Å². The molecule has 27 heavy (non-hydrogen) atoms. The average molecular weight is 372 g/mol. The number of hydrogen-bond donors (Lipinski definition) is 1. The number of fused-ring (bicyclic) bond motifs is 1. The van der Waals surface area contributed by atoms with Crippen molar-refractivity contribution in [3.63, 3.8) is 0 Å². The van der Waals surface area contributed by atoms with Crippen LogP contribution in [0.1, 0.15) is 38.6 Å². The summed E-state index contributed by atoms with van der Waals surface area (Å²) in [5.41, 5.74) is 1.72. The monoisotopic (exact) mass is 372 g/mol. The number of rotatable bonds is 6. The molecule has 2 aromatic rings. The highest BCUT2D eigenvalue weighted by molar-refractivity contribution is 5.82. The smallest absolute Gasteiger partial charge is 0.246 e. The Kier molecular flexibility index (Phi) is 6.11. The predicted molar refractivity (Wildman–Crippen MR) is 103 cm³/mol. The number of imidazole rings is 1. The van der Waals surface area contributed by atoms with Gasteiger partial charge in [0.15, 0.2) is 0 Å². The molecule has 146 valence electrons. The van der Waals surface area contributed by atoms with Gasteiger partial charge in [0.25, 0.3) is 0 Å². The minimum Gasteiger partial charge on any atom is -0.375 e. The Hall–Kier alpha value is -2.41. The first-order chi connectivity index (χ1) is 13.0. The van der Waals surface area contributed by atoms with Crippen molar-refractivity contribution in [3.8, 4) is 0 Å². The lowest BCUT2D eigenvalue weighted by Crippen LogP contribution is -2.40. The third-order valence-electron chi connectivity index (χ3n) is 5.15. The van der Waals surface area contributed by atoms with Crippen LogP contribution in [0.5, 0.6) is 0 Å². The fourth-order valence-corrected chi connectivity index (χ4v) is 3.56. The molecule has 1 fully saturated rings. The first kappa shape index (κ1) is 19.4. The van der Waals surface area contributed by atoms with Crippen molar-refractivity contribution in [2.75, 3.05) is 26.8 Å². The van der Waals surface area contributed by atoms with Crippen LogP contribution in [0.25, 0.3) is 11.0 Å². The molecule has 0 aliphatic carbocycles. The lowest BCUT2D eigenvalue weighted by Gasteiger charge is -2.30. The van der Waals surface area contributed by atoms with Gasteiger partial charge in [0, 0.05) is 20.2 Å². The first-order valence-corrected chi connectivity index (χ1v) is 9.50. The van der Waals surface area contributed by atoms with E-state index in [0.29, 0.717) is 11.7 Å². The van der Waals surface area contributed by atoms with Gasteiger partial charge in [0.05, 0.1) is 17.1 Å². The molecule has 0 radical (unpaired) electrons. The van der Waals surface area contributed by atoms with Crippen molar-refractivity contribution in [1.82, 2.24) is 19.8 Å². The number of benzene rings is 1. The molecule has 1 aliphatic heterocycles. The summed E-state index contributed by atoms with van der Waals surface area (Å²) in [5, 5.41) is 2.88. The number of carbonyl (C=O) groups excluding carboxylic acids is 2. The minimum absolute atomic E-state index is 0.00450. The SMILES string of the molecule is COCC(=O)NC(C)c1nc2ccccc2n1CC(=O)N1CCC(C)CC1. The normalized spacial score (nSPS) is 16.5. The van der Waals surface area contributed by atoms with Crippen molar-refractivity contribution in [1.29, 1.82) is 0 Å². The molecule has 1 saturated heterocycles. The zero-order valence-corrected chi connectivity index (χ0v) is 16.3. The molecule has 1 unspecified atom stereocenters. The zero-order chi connectivity index (χ0) is 19.4. The van der Waals surface area contributed by atoms with E-state index in [1.54, 1.807) is 0 Å². The van der Waals surface area contributed by atoms with Gasteiger partial charge in [-0.3, -0.25) is 9.59 Å². The Bertz CT molecular complexity index is 809. The molecule has 7 nitrogen and oxygen atoms in total. The molecule has 7 heteroatoms. The summed E-state index contributed by atoms with van der Waals surface area (Å²) in [4.78, 5) is 31.4. The second kappa shape index (κ2) is 8.52. The van der Waals surface area contributed by atoms with E-state index >= 15 is 0 Å². The Morgan fingerprint density at radius 2 is 2.00 bits per heavy atom. The van der Waals surface area contributed by atoms with Gasteiger partial charge in [-0.1, -0.05) is 19.1 Å². The minimum atomic E-state index is -0.325. The molecular weight excluding hydrogens is 344 g/mol. The van der Waals surface area contributed by atoms with Gasteiger partial charge in [0.2, 0.25) is 11.8 Å². The fourth-order valence-electron chi connectivity index (χ4n) is 3.56. The van der Waals surface area contributed by atoms with E-state index in [2.05, 4.69) is 17.2 Å². The molecule has 2 amide bonds. The van der Waals surface area contributed by atoms with E-state index in [9.17, 15) is 9.59 Å². The van der Waals surface area contributed by atoms with Crippen LogP contribution in [0.2, 0.25) is 0 Å². The van der Waals surface area contributed by atoms with Crippen LogP contribution >= 0.6 is 0 Å². The quantitative estimate of drug-likeness (QED) is 0.843. The second-order valence-corrected chi connectivity index (χ2v) is 7.33. The molecule has 1 aromatic carbocycles. The molecular formula is C20H28N4O3. The summed E-state index contributed by atoms with van der Waals surface area (Å²) in [7, 11) is 1.48. The number of carbonyl (C=O) groups is 2. The topological polar surface area (TPSA) is 76.5 Å². The molecule has 1 atom stereocenters. The number of ether oxygens (including phenoxy) is 1. The summed E-state index contributed by atoms with van der Waals surface area (Å²) >= 11 is 0. The summed E-state index contributed by atoms with van der Waals surface area (Å²) in [6.45, 7) is 5.94. The number of amides is 2. The Morgan fingerprint density at radius 3 is 2.70 bits per heavy atom. The second-order valence-electron chi connectivity index (χ2n) is 7.33. The molecule has 1 N–H and O–H groups in total. The fraction of sp³-hybridized carbons (Fsp3) is 0.550. The highest BCUT2D eigenvalue weighted by Gasteiger charge is 2.24. The van der Waals surface area contributed by atoms with Gasteiger partial charge < -0.3 is 19.5 Å². The van der Waals surface area contributed by atoms with Gasteiger partial charge in [-0.05, 0) is 37.8 Å². The van der Waals surface area contributed by atoms with Gasteiger partial charge in [-0.15, -0.1) is 0 Å². The average Bonchev–Trinajstić information content (AvgIpc) is 3.01. The zero-order valence-electron chi connectivity index (χ0n) is 16.3. The van der Waals surface area contributed by atoms with Crippen molar-refractivity contribution in [2.24, 2.45) is 5.92 Å². The number of aromatic nitrogens is 2. The summed E-state index contributed by atoms with van der Waals surface area (Å²) in [6.07, 6.45) is 2.10. The summed E-state index contributed by atoms with van der Waals surface area (Å²) in [5.74, 6) is 1.25. The van der Waals surface area contributed by atoms with Crippen LogP contribution in [-0.2, 0) is 20.9 Å². The molecule has 0 spiro atoms. The van der Waals surface area contributed by atoms with E-state index in [1.807, 2.05) is 40.7 Å². The number of methoxy groups -OCH3 is 1. The first-order valence-electron chi connectivity index (χ1n) is 9.50. The lowest BCUT2D eigenvalue weighted by atomic mass is 9.99. The van der Waals surface area contributed by atoms with Crippen molar-refractivity contribution >= 4 is 22.8 Å². The standard InChI is InChI=1S/C20H28N4O3/c1-14-8-10-23(11-9-14)19(26)12-24-17-7-5-4-6-16(17)22-20(24)15(2)21-18(25)13-27-3/h4-7,14-15H,8-13H2,1-3H3,(H,21,25). The molecule has 1 aliphatic rings. The maximum Gasteiger partial charge on any atom is 0.246 e. The van der Waals surface area contributed by atoms with Crippen molar-refractivity contribution in [3.05, 3.63) is 30.1 Å².